The van der Waals surface area contributed by atoms with Gasteiger partial charge in [0.2, 0.25) is 10.0 Å². The first-order chi connectivity index (χ1) is 10.1. The Labute approximate surface area is 132 Å². The SMILES string of the molecule is Cc1cc(C)c(S(=O)(=O)N(C)Cc2cn(C)nc2C)c(C)c1. The molecule has 0 N–H and O–H groups in total. The summed E-state index contributed by atoms with van der Waals surface area (Å²) < 4.78 is 28.9. The Morgan fingerprint density at radius 1 is 1.14 bits per heavy atom. The molecule has 5 nitrogen and oxygen atoms in total. The number of aryl methyl sites for hydroxylation is 5. The van der Waals surface area contributed by atoms with E-state index in [1.165, 1.54) is 4.31 Å². The molecular weight excluding hydrogens is 298 g/mol. The molecule has 0 spiro atoms. The van der Waals surface area contributed by atoms with E-state index >= 15 is 0 Å². The number of benzene rings is 1. The van der Waals surface area contributed by atoms with Crippen LogP contribution in [0.25, 0.3) is 0 Å². The van der Waals surface area contributed by atoms with Crippen molar-refractivity contribution in [3.05, 3.63) is 46.3 Å². The van der Waals surface area contributed by atoms with Crippen molar-refractivity contribution in [2.75, 3.05) is 7.05 Å². The van der Waals surface area contributed by atoms with Crippen molar-refractivity contribution >= 4 is 10.0 Å². The molecule has 0 saturated carbocycles. The maximum Gasteiger partial charge on any atom is 0.243 e. The van der Waals surface area contributed by atoms with E-state index in [4.69, 9.17) is 0 Å². The Morgan fingerprint density at radius 3 is 2.14 bits per heavy atom. The Hall–Kier alpha value is -1.66. The van der Waals surface area contributed by atoms with Gasteiger partial charge in [-0.3, -0.25) is 4.68 Å². The minimum absolute atomic E-state index is 0.314. The molecule has 0 saturated heterocycles. The van der Waals surface area contributed by atoms with E-state index in [-0.39, 0.29) is 0 Å². The second-order valence-corrected chi connectivity index (χ2v) is 7.88. The number of nitrogens with zero attached hydrogens (tertiary/aromatic N) is 3. The van der Waals surface area contributed by atoms with Gasteiger partial charge in [0.15, 0.2) is 0 Å². The van der Waals surface area contributed by atoms with Crippen LogP contribution in [0.15, 0.2) is 23.2 Å². The summed E-state index contributed by atoms with van der Waals surface area (Å²) in [6.07, 6.45) is 1.86. The Balaban J connectivity index is 2.40. The van der Waals surface area contributed by atoms with Crippen molar-refractivity contribution in [3.8, 4) is 0 Å². The zero-order valence-electron chi connectivity index (χ0n) is 14.0. The summed E-state index contributed by atoms with van der Waals surface area (Å²) in [5.41, 5.74) is 4.40. The van der Waals surface area contributed by atoms with Crippen LogP contribution in [-0.2, 0) is 23.6 Å². The predicted molar refractivity (Wildman–Crippen MR) is 87.3 cm³/mol. The summed E-state index contributed by atoms with van der Waals surface area (Å²) in [6, 6.07) is 3.81. The number of rotatable bonds is 4. The van der Waals surface area contributed by atoms with Gasteiger partial charge in [-0.25, -0.2) is 8.42 Å². The third-order valence-corrected chi connectivity index (χ3v) is 5.89. The van der Waals surface area contributed by atoms with Crippen molar-refractivity contribution < 1.29 is 8.42 Å². The van der Waals surface area contributed by atoms with Gasteiger partial charge in [-0.15, -0.1) is 0 Å². The van der Waals surface area contributed by atoms with Crippen molar-refractivity contribution in [1.29, 1.82) is 0 Å². The lowest BCUT2D eigenvalue weighted by atomic mass is 10.1. The fourth-order valence-corrected chi connectivity index (χ4v) is 4.41. The van der Waals surface area contributed by atoms with E-state index in [1.807, 2.05) is 53.1 Å². The zero-order chi connectivity index (χ0) is 16.7. The molecule has 0 bridgehead atoms. The Bertz CT molecular complexity index is 784. The summed E-state index contributed by atoms with van der Waals surface area (Å²) in [5, 5.41) is 4.26. The normalized spacial score (nSPS) is 12.1. The van der Waals surface area contributed by atoms with Crippen LogP contribution in [0, 0.1) is 27.7 Å². The first kappa shape index (κ1) is 16.7. The molecule has 1 aromatic heterocycles. The van der Waals surface area contributed by atoms with Crippen LogP contribution in [0.5, 0.6) is 0 Å². The molecule has 0 atom stereocenters. The van der Waals surface area contributed by atoms with Gasteiger partial charge in [-0.1, -0.05) is 17.7 Å². The van der Waals surface area contributed by atoms with Crippen LogP contribution in [0.3, 0.4) is 0 Å². The number of sulfonamides is 1. The molecule has 0 aliphatic heterocycles. The summed E-state index contributed by atoms with van der Waals surface area (Å²) in [6.45, 7) is 7.86. The van der Waals surface area contributed by atoms with Crippen LogP contribution in [0.2, 0.25) is 0 Å². The van der Waals surface area contributed by atoms with E-state index in [2.05, 4.69) is 5.10 Å². The molecule has 6 heteroatoms. The predicted octanol–water partition coefficient (Wildman–Crippen LogP) is 2.47. The molecule has 0 amide bonds. The summed E-state index contributed by atoms with van der Waals surface area (Å²) in [7, 11) is -0.0823. The summed E-state index contributed by atoms with van der Waals surface area (Å²) >= 11 is 0. The highest BCUT2D eigenvalue weighted by Gasteiger charge is 2.25. The molecule has 0 unspecified atom stereocenters. The molecule has 120 valence electrons. The second-order valence-electron chi connectivity index (χ2n) is 5.90. The maximum atomic E-state index is 12.9. The lowest BCUT2D eigenvalue weighted by molar-refractivity contribution is 0.465. The quantitative estimate of drug-likeness (QED) is 0.869. The Morgan fingerprint density at radius 2 is 1.68 bits per heavy atom. The standard InChI is InChI=1S/C16H23N3O2S/c1-11-7-12(2)16(13(3)8-11)22(20,21)19(6)10-15-9-18(5)17-14(15)4/h7-9H,10H2,1-6H3. The van der Waals surface area contributed by atoms with E-state index in [0.717, 1.165) is 27.9 Å². The molecule has 1 heterocycles. The molecule has 0 aliphatic rings. The van der Waals surface area contributed by atoms with E-state index in [9.17, 15) is 8.42 Å². The average molecular weight is 321 g/mol. The molecule has 0 radical (unpaired) electrons. The molecule has 1 aromatic carbocycles. The van der Waals surface area contributed by atoms with Crippen molar-refractivity contribution in [2.45, 2.75) is 39.1 Å². The van der Waals surface area contributed by atoms with Gasteiger partial charge in [-0.2, -0.15) is 9.40 Å². The number of hydrogen-bond donors (Lipinski definition) is 0. The van der Waals surface area contributed by atoms with Crippen molar-refractivity contribution in [2.24, 2.45) is 7.05 Å². The molecule has 22 heavy (non-hydrogen) atoms. The summed E-state index contributed by atoms with van der Waals surface area (Å²) in [4.78, 5) is 0.405. The second kappa shape index (κ2) is 5.85. The largest absolute Gasteiger partial charge is 0.275 e. The average Bonchev–Trinajstić information content (AvgIpc) is 2.65. The maximum absolute atomic E-state index is 12.9. The fourth-order valence-electron chi connectivity index (χ4n) is 2.86. The van der Waals surface area contributed by atoms with Crippen LogP contribution in [-0.4, -0.2) is 29.6 Å². The van der Waals surface area contributed by atoms with Crippen LogP contribution in [0.1, 0.15) is 27.9 Å². The van der Waals surface area contributed by atoms with Crippen molar-refractivity contribution in [3.63, 3.8) is 0 Å². The molecule has 2 aromatic rings. The van der Waals surface area contributed by atoms with Crippen LogP contribution >= 0.6 is 0 Å². The summed E-state index contributed by atoms with van der Waals surface area (Å²) in [5.74, 6) is 0. The van der Waals surface area contributed by atoms with Crippen molar-refractivity contribution in [1.82, 2.24) is 14.1 Å². The minimum Gasteiger partial charge on any atom is -0.275 e. The van der Waals surface area contributed by atoms with Gasteiger partial charge in [0.25, 0.3) is 0 Å². The lowest BCUT2D eigenvalue weighted by Gasteiger charge is -2.20. The highest BCUT2D eigenvalue weighted by molar-refractivity contribution is 7.89. The number of aromatic nitrogens is 2. The molecular formula is C16H23N3O2S. The topological polar surface area (TPSA) is 55.2 Å². The van der Waals surface area contributed by atoms with Gasteiger partial charge in [0.05, 0.1) is 10.6 Å². The van der Waals surface area contributed by atoms with Gasteiger partial charge >= 0.3 is 0 Å². The highest BCUT2D eigenvalue weighted by Crippen LogP contribution is 2.25. The van der Waals surface area contributed by atoms with E-state index in [0.29, 0.717) is 11.4 Å². The number of hydrogen-bond acceptors (Lipinski definition) is 3. The smallest absolute Gasteiger partial charge is 0.243 e. The van der Waals surface area contributed by atoms with Crippen LogP contribution in [0.4, 0.5) is 0 Å². The van der Waals surface area contributed by atoms with Gasteiger partial charge in [0, 0.05) is 32.4 Å². The minimum atomic E-state index is -3.53. The highest BCUT2D eigenvalue weighted by atomic mass is 32.2. The lowest BCUT2D eigenvalue weighted by Crippen LogP contribution is -2.28. The van der Waals surface area contributed by atoms with E-state index < -0.39 is 10.0 Å². The van der Waals surface area contributed by atoms with E-state index in [1.54, 1.807) is 11.7 Å². The van der Waals surface area contributed by atoms with Gasteiger partial charge < -0.3 is 0 Å². The molecule has 0 aliphatic carbocycles. The monoisotopic (exact) mass is 321 g/mol. The molecule has 0 fully saturated rings. The van der Waals surface area contributed by atoms with Gasteiger partial charge in [-0.05, 0) is 38.8 Å². The third-order valence-electron chi connectivity index (χ3n) is 3.78. The molecule has 2 rings (SSSR count). The van der Waals surface area contributed by atoms with Crippen LogP contribution < -0.4 is 0 Å². The zero-order valence-corrected chi connectivity index (χ0v) is 14.8. The Kier molecular flexibility index (Phi) is 4.44. The van der Waals surface area contributed by atoms with Gasteiger partial charge in [0.1, 0.15) is 0 Å². The fraction of sp³-hybridized carbons (Fsp3) is 0.438. The third kappa shape index (κ3) is 3.08. The first-order valence-corrected chi connectivity index (χ1v) is 8.60. The first-order valence-electron chi connectivity index (χ1n) is 7.16.